The van der Waals surface area contributed by atoms with Crippen LogP contribution in [0.15, 0.2) is 15.8 Å². The Morgan fingerprint density at radius 2 is 2.24 bits per heavy atom. The lowest BCUT2D eigenvalue weighted by atomic mass is 9.83. The number of aryl methyl sites for hydroxylation is 1. The predicted molar refractivity (Wildman–Crippen MR) is 69.7 cm³/mol. The molecule has 0 saturated carbocycles. The first-order chi connectivity index (χ1) is 9.91. The molecule has 1 fully saturated rings. The average molecular weight is 311 g/mol. The van der Waals surface area contributed by atoms with Crippen molar-refractivity contribution < 1.29 is 19.8 Å². The highest BCUT2D eigenvalue weighted by Crippen LogP contribution is 2.48. The number of amides is 1. The number of fused-ring (bicyclic) bond motifs is 1. The summed E-state index contributed by atoms with van der Waals surface area (Å²) in [5, 5.41) is 30.4. The molecule has 3 heterocycles. The molecule has 3 unspecified atom stereocenters. The molecule has 0 bridgehead atoms. The number of aliphatic carboxylic acids is 1. The van der Waals surface area contributed by atoms with Crippen molar-refractivity contribution in [2.45, 2.75) is 30.6 Å². The summed E-state index contributed by atoms with van der Waals surface area (Å²) in [5.41, 5.74) is -0.0325. The first-order valence-corrected chi connectivity index (χ1v) is 7.11. The van der Waals surface area contributed by atoms with Gasteiger partial charge in [-0.25, -0.2) is 9.48 Å². The van der Waals surface area contributed by atoms with Crippen LogP contribution in [0.25, 0.3) is 0 Å². The van der Waals surface area contributed by atoms with Crippen LogP contribution in [0.5, 0.6) is 0 Å². The molecule has 2 aliphatic rings. The van der Waals surface area contributed by atoms with Gasteiger partial charge in [0.2, 0.25) is 11.1 Å². The van der Waals surface area contributed by atoms with E-state index in [2.05, 4.69) is 15.5 Å². The second kappa shape index (κ2) is 4.81. The third-order valence-electron chi connectivity index (χ3n) is 3.69. The van der Waals surface area contributed by atoms with E-state index in [0.717, 1.165) is 11.8 Å². The Labute approximate surface area is 123 Å². The molecule has 0 aliphatic carbocycles. The minimum atomic E-state index is -1.16. The topological polar surface area (TPSA) is 121 Å². The highest BCUT2D eigenvalue weighted by atomic mass is 32.2. The van der Waals surface area contributed by atoms with Gasteiger partial charge in [0.1, 0.15) is 5.70 Å². The zero-order valence-corrected chi connectivity index (χ0v) is 12.1. The fraction of sp³-hybridized carbons (Fsp3) is 0.545. The van der Waals surface area contributed by atoms with E-state index in [1.165, 1.54) is 16.5 Å². The summed E-state index contributed by atoms with van der Waals surface area (Å²) >= 11 is 1.13. The number of β-lactam (4-membered cyclic amide) rings is 1. The summed E-state index contributed by atoms with van der Waals surface area (Å²) < 4.78 is 1.43. The second-order valence-electron chi connectivity index (χ2n) is 5.01. The number of tetrazole rings is 1. The lowest BCUT2D eigenvalue weighted by Crippen LogP contribution is -2.61. The monoisotopic (exact) mass is 311 g/mol. The highest BCUT2D eigenvalue weighted by Gasteiger charge is 2.56. The molecule has 2 N–H and O–H groups in total. The standard InChI is InChI=1S/C11H13N5O4S/c1-4(17)7-5-3-6(21-11-12-13-14-15(11)2)8(10(19)20)16(5)9(7)18/h4-5,7,17H,3H2,1-2H3,(H,19,20). The van der Waals surface area contributed by atoms with E-state index in [0.29, 0.717) is 16.5 Å². The van der Waals surface area contributed by atoms with Crippen LogP contribution >= 0.6 is 11.8 Å². The molecule has 10 heteroatoms. The summed E-state index contributed by atoms with van der Waals surface area (Å²) in [6, 6.07) is -0.299. The van der Waals surface area contributed by atoms with E-state index >= 15 is 0 Å². The maximum Gasteiger partial charge on any atom is 0.353 e. The number of thioether (sulfide) groups is 1. The molecule has 21 heavy (non-hydrogen) atoms. The average Bonchev–Trinajstić information content (AvgIpc) is 2.92. The van der Waals surface area contributed by atoms with Crippen molar-refractivity contribution in [1.82, 2.24) is 25.1 Å². The number of rotatable bonds is 4. The van der Waals surface area contributed by atoms with Crippen molar-refractivity contribution in [3.8, 4) is 0 Å². The van der Waals surface area contributed by atoms with Crippen LogP contribution in [-0.2, 0) is 16.6 Å². The third-order valence-corrected chi connectivity index (χ3v) is 4.82. The van der Waals surface area contributed by atoms with Gasteiger partial charge in [-0.1, -0.05) is 11.8 Å². The van der Waals surface area contributed by atoms with Gasteiger partial charge in [-0.3, -0.25) is 4.79 Å². The van der Waals surface area contributed by atoms with Crippen molar-refractivity contribution in [2.75, 3.05) is 0 Å². The Kier molecular flexibility index (Phi) is 3.21. The number of carbonyl (C=O) groups excluding carboxylic acids is 1. The number of aliphatic hydroxyl groups excluding tert-OH is 1. The van der Waals surface area contributed by atoms with Crippen LogP contribution in [0.3, 0.4) is 0 Å². The normalized spacial score (nSPS) is 25.9. The van der Waals surface area contributed by atoms with E-state index in [1.807, 2.05) is 0 Å². The number of aliphatic hydroxyl groups is 1. The molecule has 0 aromatic carbocycles. The van der Waals surface area contributed by atoms with Gasteiger partial charge in [0.05, 0.1) is 18.1 Å². The van der Waals surface area contributed by atoms with E-state index in [1.54, 1.807) is 7.05 Å². The first kappa shape index (κ1) is 14.0. The summed E-state index contributed by atoms with van der Waals surface area (Å²) in [6.07, 6.45) is -0.407. The van der Waals surface area contributed by atoms with Gasteiger partial charge >= 0.3 is 5.97 Å². The molecule has 0 radical (unpaired) electrons. The zero-order valence-electron chi connectivity index (χ0n) is 11.3. The van der Waals surface area contributed by atoms with Gasteiger partial charge in [0.15, 0.2) is 0 Å². The molecule has 2 aliphatic heterocycles. The first-order valence-electron chi connectivity index (χ1n) is 6.29. The molecule has 3 rings (SSSR count). The Balaban J connectivity index is 1.91. The SMILES string of the molecule is CC(O)C1C(=O)N2C(C(=O)O)=C(Sc3nnnn3C)CC12. The maximum absolute atomic E-state index is 12.0. The molecule has 1 aromatic heterocycles. The van der Waals surface area contributed by atoms with Gasteiger partial charge in [-0.2, -0.15) is 0 Å². The zero-order chi connectivity index (χ0) is 15.3. The van der Waals surface area contributed by atoms with Gasteiger partial charge < -0.3 is 15.1 Å². The maximum atomic E-state index is 12.0. The Morgan fingerprint density at radius 3 is 2.76 bits per heavy atom. The van der Waals surface area contributed by atoms with Crippen LogP contribution in [-0.4, -0.2) is 59.3 Å². The van der Waals surface area contributed by atoms with Crippen molar-refractivity contribution in [2.24, 2.45) is 13.0 Å². The Morgan fingerprint density at radius 1 is 1.52 bits per heavy atom. The molecule has 3 atom stereocenters. The van der Waals surface area contributed by atoms with Crippen molar-refractivity contribution in [3.05, 3.63) is 10.6 Å². The second-order valence-corrected chi connectivity index (χ2v) is 6.07. The highest BCUT2D eigenvalue weighted by molar-refractivity contribution is 8.03. The molecule has 1 saturated heterocycles. The number of carbonyl (C=O) groups is 2. The van der Waals surface area contributed by atoms with Crippen LogP contribution < -0.4 is 0 Å². The van der Waals surface area contributed by atoms with Crippen LogP contribution in [0.2, 0.25) is 0 Å². The molecular weight excluding hydrogens is 298 g/mol. The van der Waals surface area contributed by atoms with Crippen molar-refractivity contribution in [1.29, 1.82) is 0 Å². The molecule has 1 aromatic rings. The lowest BCUT2D eigenvalue weighted by Gasteiger charge is -2.44. The smallest absolute Gasteiger partial charge is 0.353 e. The van der Waals surface area contributed by atoms with Crippen LogP contribution in [0, 0.1) is 5.92 Å². The number of carboxylic acids is 1. The lowest BCUT2D eigenvalue weighted by molar-refractivity contribution is -0.161. The summed E-state index contributed by atoms with van der Waals surface area (Å²) in [4.78, 5) is 25.3. The van der Waals surface area contributed by atoms with Crippen LogP contribution in [0.1, 0.15) is 13.3 Å². The van der Waals surface area contributed by atoms with Gasteiger partial charge in [0.25, 0.3) is 0 Å². The van der Waals surface area contributed by atoms with Crippen molar-refractivity contribution in [3.63, 3.8) is 0 Å². The van der Waals surface area contributed by atoms with Crippen LogP contribution in [0.4, 0.5) is 0 Å². The van der Waals surface area contributed by atoms with Gasteiger partial charge in [-0.15, -0.1) is 5.10 Å². The van der Waals surface area contributed by atoms with E-state index < -0.39 is 18.0 Å². The third kappa shape index (κ3) is 2.02. The molecule has 112 valence electrons. The molecular formula is C11H13N5O4S. The Bertz CT molecular complexity index is 655. The number of aromatic nitrogens is 4. The summed E-state index contributed by atoms with van der Waals surface area (Å²) in [7, 11) is 1.65. The summed E-state index contributed by atoms with van der Waals surface area (Å²) in [6.45, 7) is 1.54. The van der Waals surface area contributed by atoms with Crippen molar-refractivity contribution >= 4 is 23.6 Å². The van der Waals surface area contributed by atoms with E-state index in [4.69, 9.17) is 0 Å². The van der Waals surface area contributed by atoms with Gasteiger partial charge in [-0.05, 0) is 17.4 Å². The fourth-order valence-corrected chi connectivity index (χ4v) is 3.74. The Hall–Kier alpha value is -1.94. The largest absolute Gasteiger partial charge is 0.477 e. The number of hydrogen-bond acceptors (Lipinski definition) is 7. The van der Waals surface area contributed by atoms with E-state index in [-0.39, 0.29) is 17.6 Å². The fourth-order valence-electron chi connectivity index (χ4n) is 2.74. The molecule has 9 nitrogen and oxygen atoms in total. The minimum absolute atomic E-state index is 0.0325. The van der Waals surface area contributed by atoms with E-state index in [9.17, 15) is 19.8 Å². The quantitative estimate of drug-likeness (QED) is 0.694. The number of hydrogen-bond donors (Lipinski definition) is 2. The predicted octanol–water partition coefficient (Wildman–Crippen LogP) is -0.790. The minimum Gasteiger partial charge on any atom is -0.477 e. The molecule has 0 spiro atoms. The van der Waals surface area contributed by atoms with Gasteiger partial charge in [0, 0.05) is 18.4 Å². The number of nitrogens with zero attached hydrogens (tertiary/aromatic N) is 5. The summed E-state index contributed by atoms with van der Waals surface area (Å²) in [5.74, 6) is -2.05. The molecule has 1 amide bonds. The number of carboxylic acid groups (broad SMARTS) is 1.